The van der Waals surface area contributed by atoms with Gasteiger partial charge in [0.15, 0.2) is 8.07 Å². The fourth-order valence-corrected chi connectivity index (χ4v) is 13.6. The predicted molar refractivity (Wildman–Crippen MR) is 263 cm³/mol. The van der Waals surface area contributed by atoms with Crippen LogP contribution in [0.1, 0.15) is 0 Å². The normalized spacial score (nSPS) is 11.3. The molecule has 0 heterocycles. The second-order valence-corrected chi connectivity index (χ2v) is 19.5. The van der Waals surface area contributed by atoms with Crippen LogP contribution in [-0.2, 0) is 0 Å². The van der Waals surface area contributed by atoms with Crippen molar-refractivity contribution < 1.29 is 0 Å². The lowest BCUT2D eigenvalue weighted by molar-refractivity contribution is 1.58. The van der Waals surface area contributed by atoms with E-state index in [0.717, 1.165) is 0 Å². The Bertz CT molecular complexity index is 2650. The van der Waals surface area contributed by atoms with Crippen LogP contribution in [0.25, 0.3) is 66.8 Å². The van der Waals surface area contributed by atoms with Gasteiger partial charge in [-0.15, -0.1) is 0 Å². The minimum Gasteiger partial charge on any atom is -0.0623 e. The van der Waals surface area contributed by atoms with Gasteiger partial charge in [0.2, 0.25) is 0 Å². The summed E-state index contributed by atoms with van der Waals surface area (Å²) in [5.41, 5.74) is 14.6. The van der Waals surface area contributed by atoms with E-state index in [1.54, 1.807) is 0 Å². The summed E-state index contributed by atoms with van der Waals surface area (Å²) >= 11 is 0. The van der Waals surface area contributed by atoms with Gasteiger partial charge in [0.25, 0.3) is 0 Å². The van der Waals surface area contributed by atoms with Crippen molar-refractivity contribution in [1.29, 1.82) is 0 Å². The third-order valence-corrected chi connectivity index (χ3v) is 16.9. The molecule has 10 aromatic rings. The minimum absolute atomic E-state index is 1.21. The average Bonchev–Trinajstić information content (AvgIpc) is 3.36. The van der Waals surface area contributed by atoms with E-state index in [-0.39, 0.29) is 0 Å². The first-order valence-corrected chi connectivity index (χ1v) is 23.1. The van der Waals surface area contributed by atoms with Gasteiger partial charge in [0, 0.05) is 0 Å². The highest BCUT2D eigenvalue weighted by Crippen LogP contribution is 2.28. The van der Waals surface area contributed by atoms with E-state index < -0.39 is 8.07 Å². The van der Waals surface area contributed by atoms with Crippen LogP contribution < -0.4 is 20.7 Å². The van der Waals surface area contributed by atoms with Crippen LogP contribution in [-0.4, -0.2) is 8.07 Å². The fraction of sp³-hybridized carbons (Fsp3) is 0. The molecular weight excluding hydrogens is 749 g/mol. The molecule has 0 saturated carbocycles. The van der Waals surface area contributed by atoms with Gasteiger partial charge in [0.1, 0.15) is 0 Å². The molecule has 0 bridgehead atoms. The van der Waals surface area contributed by atoms with Gasteiger partial charge in [-0.2, -0.15) is 0 Å². The number of hydrogen-bond acceptors (Lipinski definition) is 0. The number of hydrogen-bond donors (Lipinski definition) is 0. The summed E-state index contributed by atoms with van der Waals surface area (Å²) < 4.78 is 0. The van der Waals surface area contributed by atoms with Crippen LogP contribution >= 0.6 is 0 Å². The van der Waals surface area contributed by atoms with Gasteiger partial charge >= 0.3 is 0 Å². The largest absolute Gasteiger partial charge is 0.179 e. The molecule has 0 N–H and O–H groups in total. The summed E-state index contributed by atoms with van der Waals surface area (Å²) in [6.45, 7) is 0. The van der Waals surface area contributed by atoms with E-state index in [1.165, 1.54) is 87.5 Å². The molecular formula is C60H44Si. The highest BCUT2D eigenvalue weighted by Gasteiger charge is 2.41. The number of benzene rings is 10. The molecule has 0 amide bonds. The highest BCUT2D eigenvalue weighted by molar-refractivity contribution is 7.19. The van der Waals surface area contributed by atoms with Gasteiger partial charge in [-0.3, -0.25) is 0 Å². The monoisotopic (exact) mass is 792 g/mol. The third kappa shape index (κ3) is 7.60. The van der Waals surface area contributed by atoms with Crippen LogP contribution in [0.4, 0.5) is 0 Å². The first-order valence-electron chi connectivity index (χ1n) is 21.1. The number of rotatable bonds is 10. The maximum Gasteiger partial charge on any atom is 0.179 e. The molecule has 0 spiro atoms. The molecule has 0 atom stereocenters. The Morgan fingerprint density at radius 1 is 0.131 bits per heavy atom. The second kappa shape index (κ2) is 17.0. The quantitative estimate of drug-likeness (QED) is 0.0956. The van der Waals surface area contributed by atoms with Crippen LogP contribution in [0, 0.1) is 0 Å². The van der Waals surface area contributed by atoms with Crippen LogP contribution in [0.15, 0.2) is 267 Å². The van der Waals surface area contributed by atoms with Crippen LogP contribution in [0.2, 0.25) is 0 Å². The van der Waals surface area contributed by atoms with Crippen molar-refractivity contribution in [3.63, 3.8) is 0 Å². The van der Waals surface area contributed by atoms with E-state index in [9.17, 15) is 0 Å². The predicted octanol–water partition coefficient (Wildman–Crippen LogP) is 13.1. The van der Waals surface area contributed by atoms with Crippen molar-refractivity contribution in [1.82, 2.24) is 0 Å². The van der Waals surface area contributed by atoms with Crippen molar-refractivity contribution >= 4 is 28.8 Å². The summed E-state index contributed by atoms with van der Waals surface area (Å²) in [7, 11) is -2.83. The Kier molecular flexibility index (Phi) is 10.5. The standard InChI is InChI=1S/C60H44Si/c1-5-13-45(14-6-1)48-21-27-51(28-22-48)54-33-39-58(40-34-54)61(57-19-11-4-12-20-57,59-41-35-55(36-42-59)52-29-23-49(24-30-52)46-15-7-2-8-16-46)60-43-37-56(38-44-60)53-31-25-50(26-32-53)47-17-9-3-10-18-47/h1-44H. The Labute approximate surface area is 360 Å². The Morgan fingerprint density at radius 3 is 0.492 bits per heavy atom. The zero-order valence-corrected chi connectivity index (χ0v) is 34.9. The molecule has 10 aromatic carbocycles. The Morgan fingerprint density at radius 2 is 0.279 bits per heavy atom. The molecule has 10 rings (SSSR count). The first-order chi connectivity index (χ1) is 30.2. The summed E-state index contributed by atoms with van der Waals surface area (Å²) in [6.07, 6.45) is 0. The summed E-state index contributed by atoms with van der Waals surface area (Å²) in [5.74, 6) is 0. The lowest BCUT2D eigenvalue weighted by Gasteiger charge is -2.35. The smallest absolute Gasteiger partial charge is 0.0623 e. The van der Waals surface area contributed by atoms with Crippen molar-refractivity contribution in [2.24, 2.45) is 0 Å². The lowest BCUT2D eigenvalue weighted by Crippen LogP contribution is -2.74. The van der Waals surface area contributed by atoms with Crippen molar-refractivity contribution in [2.75, 3.05) is 0 Å². The van der Waals surface area contributed by atoms with Crippen molar-refractivity contribution in [2.45, 2.75) is 0 Å². The lowest BCUT2D eigenvalue weighted by atomic mass is 10.0. The summed E-state index contributed by atoms with van der Waals surface area (Å²) in [6, 6.07) is 98.2. The minimum atomic E-state index is -2.83. The molecule has 0 aromatic heterocycles. The first kappa shape index (κ1) is 37.7. The average molecular weight is 793 g/mol. The molecule has 0 aliphatic heterocycles. The molecule has 0 unspecified atom stereocenters. The van der Waals surface area contributed by atoms with Gasteiger partial charge in [-0.05, 0) is 87.5 Å². The van der Waals surface area contributed by atoms with Crippen LogP contribution in [0.5, 0.6) is 0 Å². The SMILES string of the molecule is c1ccc(-c2ccc(-c3ccc([Si](c4ccccc4)(c4ccc(-c5ccc(-c6ccccc6)cc5)cc4)c4ccc(-c5ccc(-c6ccccc6)cc5)cc4)cc3)cc2)cc1. The molecule has 61 heavy (non-hydrogen) atoms. The van der Waals surface area contributed by atoms with E-state index in [2.05, 4.69) is 267 Å². The topological polar surface area (TPSA) is 0 Å². The van der Waals surface area contributed by atoms with Gasteiger partial charge in [0.05, 0.1) is 0 Å². The van der Waals surface area contributed by atoms with Gasteiger partial charge in [-0.1, -0.05) is 267 Å². The zero-order valence-electron chi connectivity index (χ0n) is 33.9. The fourth-order valence-electron chi connectivity index (χ4n) is 8.88. The van der Waals surface area contributed by atoms with Gasteiger partial charge in [-0.25, -0.2) is 0 Å². The van der Waals surface area contributed by atoms with E-state index in [1.807, 2.05) is 0 Å². The molecule has 0 radical (unpaired) electrons. The molecule has 0 fully saturated rings. The maximum absolute atomic E-state index is 2.83. The molecule has 0 saturated heterocycles. The van der Waals surface area contributed by atoms with E-state index in [4.69, 9.17) is 0 Å². The molecule has 0 aliphatic carbocycles. The Balaban J connectivity index is 1.06. The highest BCUT2D eigenvalue weighted by atomic mass is 28.3. The van der Waals surface area contributed by atoms with E-state index >= 15 is 0 Å². The molecule has 0 aliphatic rings. The molecule has 0 nitrogen and oxygen atoms in total. The zero-order chi connectivity index (χ0) is 40.9. The maximum atomic E-state index is 2.39. The summed E-state index contributed by atoms with van der Waals surface area (Å²) in [5, 5.41) is 5.41. The molecule has 1 heteroatoms. The van der Waals surface area contributed by atoms with Crippen molar-refractivity contribution in [3.05, 3.63) is 267 Å². The third-order valence-electron chi connectivity index (χ3n) is 12.1. The van der Waals surface area contributed by atoms with Crippen molar-refractivity contribution in [3.8, 4) is 66.8 Å². The van der Waals surface area contributed by atoms with Gasteiger partial charge < -0.3 is 0 Å². The van der Waals surface area contributed by atoms with Crippen LogP contribution in [0.3, 0.4) is 0 Å². The summed E-state index contributed by atoms with van der Waals surface area (Å²) in [4.78, 5) is 0. The Hall–Kier alpha value is -7.58. The van der Waals surface area contributed by atoms with E-state index in [0.29, 0.717) is 0 Å². The second-order valence-electron chi connectivity index (χ2n) is 15.7. The molecule has 288 valence electrons.